The van der Waals surface area contributed by atoms with Gasteiger partial charge in [-0.25, -0.2) is 8.42 Å². The van der Waals surface area contributed by atoms with Crippen LogP contribution in [0.5, 0.6) is 0 Å². The van der Waals surface area contributed by atoms with Crippen LogP contribution in [-0.2, 0) is 9.84 Å². The van der Waals surface area contributed by atoms with Gasteiger partial charge in [-0.1, -0.05) is 38.3 Å². The highest BCUT2D eigenvalue weighted by atomic mass is 32.2. The first-order chi connectivity index (χ1) is 7.38. The van der Waals surface area contributed by atoms with Crippen LogP contribution < -0.4 is 10.4 Å². The molecule has 0 N–H and O–H groups in total. The van der Waals surface area contributed by atoms with E-state index in [0.717, 1.165) is 16.0 Å². The van der Waals surface area contributed by atoms with Crippen LogP contribution in [0.2, 0.25) is 0 Å². The summed E-state index contributed by atoms with van der Waals surface area (Å²) in [6.45, 7) is 11.1. The number of aryl methyl sites for hydroxylation is 1. The molecule has 16 heavy (non-hydrogen) atoms. The zero-order valence-corrected chi connectivity index (χ0v) is 10.5. The number of hydrogen-bond donors (Lipinski definition) is 0. The molecule has 1 aromatic rings. The lowest BCUT2D eigenvalue weighted by atomic mass is 10.1. The van der Waals surface area contributed by atoms with Gasteiger partial charge in [0, 0.05) is 0 Å². The van der Waals surface area contributed by atoms with Crippen LogP contribution in [0, 0.1) is 6.92 Å². The van der Waals surface area contributed by atoms with Crippen molar-refractivity contribution >= 4 is 22.5 Å². The Kier molecular flexibility index (Phi) is 3.70. The Morgan fingerprint density at radius 3 is 2.62 bits per heavy atom. The summed E-state index contributed by atoms with van der Waals surface area (Å²) in [7, 11) is -3.20. The summed E-state index contributed by atoms with van der Waals surface area (Å²) in [4.78, 5) is 0.144. The van der Waals surface area contributed by atoms with Crippen molar-refractivity contribution in [3.05, 3.63) is 45.7 Å². The van der Waals surface area contributed by atoms with Crippen molar-refractivity contribution in [3.63, 3.8) is 0 Å². The predicted octanol–water partition coefficient (Wildman–Crippen LogP) is 1.13. The molecule has 0 radical (unpaired) electrons. The maximum Gasteiger partial charge on any atom is 0.177 e. The summed E-state index contributed by atoms with van der Waals surface area (Å²) < 4.78 is 23.1. The molecule has 0 atom stereocenters. The third-order valence-corrected chi connectivity index (χ3v) is 4.22. The van der Waals surface area contributed by atoms with Gasteiger partial charge in [-0.3, -0.25) is 0 Å². The molecule has 0 aliphatic rings. The molecule has 0 spiro atoms. The lowest BCUT2D eigenvalue weighted by Gasteiger charge is -2.00. The highest BCUT2D eigenvalue weighted by molar-refractivity contribution is 7.95. The van der Waals surface area contributed by atoms with Crippen molar-refractivity contribution < 1.29 is 8.42 Å². The van der Waals surface area contributed by atoms with E-state index in [4.69, 9.17) is 0 Å². The Balaban J connectivity index is 3.37. The zero-order chi connectivity index (χ0) is 12.3. The Labute approximate surface area is 96.5 Å². The normalized spacial score (nSPS) is 12.8. The van der Waals surface area contributed by atoms with Gasteiger partial charge in [0.25, 0.3) is 0 Å². The van der Waals surface area contributed by atoms with E-state index in [2.05, 4.69) is 13.2 Å². The Morgan fingerprint density at radius 2 is 2.06 bits per heavy atom. The first-order valence-electron chi connectivity index (χ1n) is 5.06. The average Bonchev–Trinajstić information content (AvgIpc) is 2.24. The maximum absolute atomic E-state index is 11.5. The monoisotopic (exact) mass is 236 g/mol. The minimum Gasteiger partial charge on any atom is -0.224 e. The SMILES string of the molecule is C=C(C=c1cccc(C)c1=C)S(=O)(=O)CC. The molecule has 0 saturated heterocycles. The molecule has 0 fully saturated rings. The first kappa shape index (κ1) is 12.7. The lowest BCUT2D eigenvalue weighted by molar-refractivity contribution is 0.604. The van der Waals surface area contributed by atoms with E-state index in [1.165, 1.54) is 0 Å². The van der Waals surface area contributed by atoms with Gasteiger partial charge in [-0.2, -0.15) is 0 Å². The second-order valence-electron chi connectivity index (χ2n) is 3.66. The predicted molar refractivity (Wildman–Crippen MR) is 69.0 cm³/mol. The molecular weight excluding hydrogens is 220 g/mol. The van der Waals surface area contributed by atoms with Crippen molar-refractivity contribution in [1.29, 1.82) is 0 Å². The van der Waals surface area contributed by atoms with Crippen LogP contribution >= 0.6 is 0 Å². The van der Waals surface area contributed by atoms with Gasteiger partial charge in [0.15, 0.2) is 9.84 Å². The molecule has 3 heteroatoms. The summed E-state index contributed by atoms with van der Waals surface area (Å²) in [5, 5.41) is 1.65. The van der Waals surface area contributed by atoms with Crippen LogP contribution in [0.3, 0.4) is 0 Å². The number of sulfone groups is 1. The highest BCUT2D eigenvalue weighted by Crippen LogP contribution is 2.05. The van der Waals surface area contributed by atoms with Crippen molar-refractivity contribution in [2.45, 2.75) is 13.8 Å². The molecule has 0 saturated carbocycles. The fourth-order valence-corrected chi connectivity index (χ4v) is 1.99. The molecule has 0 amide bonds. The average molecular weight is 236 g/mol. The molecule has 2 nitrogen and oxygen atoms in total. The molecule has 0 unspecified atom stereocenters. The third kappa shape index (κ3) is 2.61. The second-order valence-corrected chi connectivity index (χ2v) is 5.99. The number of hydrogen-bond acceptors (Lipinski definition) is 2. The van der Waals surface area contributed by atoms with Crippen molar-refractivity contribution in [2.75, 3.05) is 5.75 Å². The van der Waals surface area contributed by atoms with Gasteiger partial charge in [-0.15, -0.1) is 0 Å². The summed E-state index contributed by atoms with van der Waals surface area (Å²) in [6.07, 6.45) is 1.58. The van der Waals surface area contributed by atoms with Crippen LogP contribution in [-0.4, -0.2) is 14.2 Å². The van der Waals surface area contributed by atoms with Crippen LogP contribution in [0.15, 0.2) is 29.7 Å². The molecule has 86 valence electrons. The van der Waals surface area contributed by atoms with Gasteiger partial charge >= 0.3 is 0 Å². The van der Waals surface area contributed by atoms with E-state index in [1.807, 2.05) is 25.1 Å². The molecule has 0 aliphatic carbocycles. The zero-order valence-electron chi connectivity index (χ0n) is 9.66. The lowest BCUT2D eigenvalue weighted by Crippen LogP contribution is -2.26. The molecule has 0 bridgehead atoms. The quantitative estimate of drug-likeness (QED) is 0.788. The van der Waals surface area contributed by atoms with E-state index >= 15 is 0 Å². The summed E-state index contributed by atoms with van der Waals surface area (Å²) >= 11 is 0. The molecule has 0 aliphatic heterocycles. The smallest absolute Gasteiger partial charge is 0.177 e. The molecular formula is C13H16O2S. The van der Waals surface area contributed by atoms with Crippen molar-refractivity contribution in [3.8, 4) is 0 Å². The molecule has 1 aromatic carbocycles. The standard InChI is InChI=1S/C13H16O2S/c1-5-16(14,15)11(3)9-13-8-6-7-10(2)12(13)4/h6-9H,3-5H2,1-2H3. The van der Waals surface area contributed by atoms with Gasteiger partial charge in [0.1, 0.15) is 0 Å². The van der Waals surface area contributed by atoms with E-state index in [9.17, 15) is 8.42 Å². The maximum atomic E-state index is 11.5. The van der Waals surface area contributed by atoms with Gasteiger partial charge < -0.3 is 0 Å². The molecule has 0 heterocycles. The van der Waals surface area contributed by atoms with Gasteiger partial charge in [0.2, 0.25) is 0 Å². The fraction of sp³-hybridized carbons (Fsp3) is 0.231. The minimum atomic E-state index is -3.20. The fourth-order valence-electron chi connectivity index (χ4n) is 1.31. The summed E-state index contributed by atoms with van der Waals surface area (Å²) in [5.41, 5.74) is 1.04. The van der Waals surface area contributed by atoms with E-state index in [1.54, 1.807) is 13.0 Å². The number of benzene rings is 1. The summed E-state index contributed by atoms with van der Waals surface area (Å²) in [6, 6.07) is 5.66. The minimum absolute atomic E-state index is 0.0701. The van der Waals surface area contributed by atoms with Gasteiger partial charge in [0.05, 0.1) is 10.7 Å². The van der Waals surface area contributed by atoms with Crippen LogP contribution in [0.25, 0.3) is 12.7 Å². The number of allylic oxidation sites excluding steroid dienone is 1. The van der Waals surface area contributed by atoms with Crippen LogP contribution in [0.4, 0.5) is 0 Å². The Bertz CT molecular complexity index is 610. The Morgan fingerprint density at radius 1 is 1.44 bits per heavy atom. The van der Waals surface area contributed by atoms with Crippen LogP contribution in [0.1, 0.15) is 12.5 Å². The second kappa shape index (κ2) is 4.66. The third-order valence-electron chi connectivity index (χ3n) is 2.54. The topological polar surface area (TPSA) is 34.1 Å². The molecule has 0 aromatic heterocycles. The van der Waals surface area contributed by atoms with E-state index < -0.39 is 9.84 Å². The largest absolute Gasteiger partial charge is 0.224 e. The Hall–Kier alpha value is -1.35. The highest BCUT2D eigenvalue weighted by Gasteiger charge is 2.09. The van der Waals surface area contributed by atoms with E-state index in [-0.39, 0.29) is 10.7 Å². The van der Waals surface area contributed by atoms with Crippen molar-refractivity contribution in [1.82, 2.24) is 0 Å². The molecule has 1 rings (SSSR count). The van der Waals surface area contributed by atoms with Gasteiger partial charge in [-0.05, 0) is 29.0 Å². The first-order valence-corrected chi connectivity index (χ1v) is 6.71. The summed E-state index contributed by atoms with van der Waals surface area (Å²) in [5.74, 6) is 0.0701. The van der Waals surface area contributed by atoms with Crippen molar-refractivity contribution in [2.24, 2.45) is 0 Å². The number of rotatable bonds is 3. The van der Waals surface area contributed by atoms with E-state index in [0.29, 0.717) is 0 Å².